The summed E-state index contributed by atoms with van der Waals surface area (Å²) < 4.78 is 10.7. The Balaban J connectivity index is 2.50. The highest BCUT2D eigenvalue weighted by molar-refractivity contribution is 6.32. The number of carbonyl (C=O) groups excluding carboxylic acids is 2. The third-order valence-electron chi connectivity index (χ3n) is 3.58. The molecular formula is C18H27ClN2O4. The molecule has 7 heteroatoms. The van der Waals surface area contributed by atoms with E-state index in [4.69, 9.17) is 21.1 Å². The topological polar surface area (TPSA) is 67.9 Å². The number of carbonyl (C=O) groups is 2. The van der Waals surface area contributed by atoms with Gasteiger partial charge in [0, 0.05) is 38.4 Å². The molecule has 1 aromatic rings. The van der Waals surface area contributed by atoms with Gasteiger partial charge in [0.15, 0.2) is 6.61 Å². The number of likely N-dealkylation sites (N-methyl/N-ethyl adjacent to an activating group) is 1. The average molecular weight is 371 g/mol. The van der Waals surface area contributed by atoms with Crippen LogP contribution in [0.4, 0.5) is 5.69 Å². The fourth-order valence-electron chi connectivity index (χ4n) is 2.21. The Kier molecular flexibility index (Phi) is 9.96. The van der Waals surface area contributed by atoms with Crippen molar-refractivity contribution in [1.82, 2.24) is 4.90 Å². The standard InChI is InChI=1S/C18H27ClN2O4/c1-4-21(5-2)18(23)13-25-16-10-9-14(12-15(16)19)20-17(22)8-7-11-24-6-3/h9-10,12H,4-8,11,13H2,1-3H3,(H,20,22). The van der Waals surface area contributed by atoms with Crippen LogP contribution in [0.5, 0.6) is 5.75 Å². The summed E-state index contributed by atoms with van der Waals surface area (Å²) in [6, 6.07) is 4.95. The molecule has 0 unspecified atom stereocenters. The second kappa shape index (κ2) is 11.7. The quantitative estimate of drug-likeness (QED) is 0.606. The number of rotatable bonds is 11. The fraction of sp³-hybridized carbons (Fsp3) is 0.556. The highest BCUT2D eigenvalue weighted by Crippen LogP contribution is 2.27. The number of anilines is 1. The summed E-state index contributed by atoms with van der Waals surface area (Å²) in [4.78, 5) is 25.5. The SMILES string of the molecule is CCOCCCC(=O)Nc1ccc(OCC(=O)N(CC)CC)c(Cl)c1. The minimum absolute atomic E-state index is 0.0649. The summed E-state index contributed by atoms with van der Waals surface area (Å²) in [5, 5.41) is 3.13. The summed E-state index contributed by atoms with van der Waals surface area (Å²) in [5.41, 5.74) is 0.592. The summed E-state index contributed by atoms with van der Waals surface area (Å²) >= 11 is 6.17. The first-order chi connectivity index (χ1) is 12.0. The van der Waals surface area contributed by atoms with E-state index in [-0.39, 0.29) is 18.4 Å². The number of hydrogen-bond acceptors (Lipinski definition) is 4. The second-order valence-corrected chi connectivity index (χ2v) is 5.76. The Labute approximate surface area is 154 Å². The van der Waals surface area contributed by atoms with Crippen LogP contribution in [0.2, 0.25) is 5.02 Å². The zero-order valence-corrected chi connectivity index (χ0v) is 15.9. The lowest BCUT2D eigenvalue weighted by Gasteiger charge is -2.19. The summed E-state index contributed by atoms with van der Waals surface area (Å²) in [6.07, 6.45) is 1.05. The molecule has 6 nitrogen and oxygen atoms in total. The van der Waals surface area contributed by atoms with Gasteiger partial charge in [-0.15, -0.1) is 0 Å². The van der Waals surface area contributed by atoms with Crippen molar-refractivity contribution >= 4 is 29.1 Å². The van der Waals surface area contributed by atoms with Crippen molar-refractivity contribution < 1.29 is 19.1 Å². The highest BCUT2D eigenvalue weighted by atomic mass is 35.5. The van der Waals surface area contributed by atoms with Crippen molar-refractivity contribution in [3.05, 3.63) is 23.2 Å². The van der Waals surface area contributed by atoms with Crippen molar-refractivity contribution in [2.24, 2.45) is 0 Å². The van der Waals surface area contributed by atoms with E-state index < -0.39 is 0 Å². The summed E-state index contributed by atoms with van der Waals surface area (Å²) in [6.45, 7) is 8.18. The van der Waals surface area contributed by atoms with E-state index in [0.717, 1.165) is 0 Å². The molecule has 0 aliphatic heterocycles. The van der Waals surface area contributed by atoms with Crippen LogP contribution < -0.4 is 10.1 Å². The lowest BCUT2D eigenvalue weighted by Crippen LogP contribution is -2.34. The molecule has 140 valence electrons. The maximum atomic E-state index is 11.9. The third-order valence-corrected chi connectivity index (χ3v) is 3.87. The number of hydrogen-bond donors (Lipinski definition) is 1. The zero-order chi connectivity index (χ0) is 18.7. The lowest BCUT2D eigenvalue weighted by atomic mass is 10.2. The minimum Gasteiger partial charge on any atom is -0.482 e. The van der Waals surface area contributed by atoms with E-state index in [0.29, 0.717) is 55.6 Å². The lowest BCUT2D eigenvalue weighted by molar-refractivity contribution is -0.133. The molecule has 0 radical (unpaired) electrons. The predicted molar refractivity (Wildman–Crippen MR) is 99.2 cm³/mol. The van der Waals surface area contributed by atoms with Crippen LogP contribution in [0.3, 0.4) is 0 Å². The van der Waals surface area contributed by atoms with Crippen LogP contribution in [0.25, 0.3) is 0 Å². The van der Waals surface area contributed by atoms with Gasteiger partial charge in [-0.05, 0) is 45.4 Å². The number of amides is 2. The largest absolute Gasteiger partial charge is 0.482 e. The van der Waals surface area contributed by atoms with Gasteiger partial charge in [0.2, 0.25) is 5.91 Å². The van der Waals surface area contributed by atoms with Gasteiger partial charge >= 0.3 is 0 Å². The second-order valence-electron chi connectivity index (χ2n) is 5.35. The number of nitrogens with one attached hydrogen (secondary N) is 1. The van der Waals surface area contributed by atoms with Gasteiger partial charge in [-0.2, -0.15) is 0 Å². The molecule has 0 saturated carbocycles. The van der Waals surface area contributed by atoms with Gasteiger partial charge in [0.1, 0.15) is 5.75 Å². The molecular weight excluding hydrogens is 344 g/mol. The van der Waals surface area contributed by atoms with Gasteiger partial charge in [-0.1, -0.05) is 11.6 Å². The van der Waals surface area contributed by atoms with E-state index in [2.05, 4.69) is 5.32 Å². The highest BCUT2D eigenvalue weighted by Gasteiger charge is 2.12. The Morgan fingerprint density at radius 2 is 1.92 bits per heavy atom. The maximum absolute atomic E-state index is 11.9. The number of halogens is 1. The summed E-state index contributed by atoms with van der Waals surface area (Å²) in [7, 11) is 0. The monoisotopic (exact) mass is 370 g/mol. The fourth-order valence-corrected chi connectivity index (χ4v) is 2.44. The van der Waals surface area contributed by atoms with Crippen LogP contribution in [-0.4, -0.2) is 49.6 Å². The molecule has 1 N–H and O–H groups in total. The molecule has 0 saturated heterocycles. The average Bonchev–Trinajstić information content (AvgIpc) is 2.59. The van der Waals surface area contributed by atoms with E-state index in [1.165, 1.54) is 0 Å². The van der Waals surface area contributed by atoms with Crippen LogP contribution in [0.15, 0.2) is 18.2 Å². The molecule has 0 bridgehead atoms. The molecule has 1 rings (SSSR count). The predicted octanol–water partition coefficient (Wildman–Crippen LogP) is 3.34. The minimum atomic E-state index is -0.0962. The van der Waals surface area contributed by atoms with Crippen molar-refractivity contribution in [1.29, 1.82) is 0 Å². The molecule has 0 heterocycles. The van der Waals surface area contributed by atoms with Crippen molar-refractivity contribution in [3.63, 3.8) is 0 Å². The van der Waals surface area contributed by atoms with Gasteiger partial charge in [0.05, 0.1) is 5.02 Å². The van der Waals surface area contributed by atoms with Gasteiger partial charge in [-0.25, -0.2) is 0 Å². The van der Waals surface area contributed by atoms with E-state index in [1.807, 2.05) is 20.8 Å². The molecule has 0 atom stereocenters. The Morgan fingerprint density at radius 1 is 1.20 bits per heavy atom. The number of benzene rings is 1. The first-order valence-corrected chi connectivity index (χ1v) is 8.97. The van der Waals surface area contributed by atoms with Crippen molar-refractivity contribution in [3.8, 4) is 5.75 Å². The Hall–Kier alpha value is -1.79. The van der Waals surface area contributed by atoms with E-state index in [1.54, 1.807) is 23.1 Å². The molecule has 0 aromatic heterocycles. The molecule has 0 aliphatic carbocycles. The molecule has 2 amide bonds. The van der Waals surface area contributed by atoms with Crippen molar-refractivity contribution in [2.75, 3.05) is 38.2 Å². The van der Waals surface area contributed by atoms with E-state index >= 15 is 0 Å². The Bertz CT molecular complexity index is 562. The molecule has 1 aromatic carbocycles. The smallest absolute Gasteiger partial charge is 0.260 e. The van der Waals surface area contributed by atoms with Gasteiger partial charge in [0.25, 0.3) is 5.91 Å². The molecule has 0 aliphatic rings. The first kappa shape index (κ1) is 21.3. The molecule has 0 fully saturated rings. The molecule has 25 heavy (non-hydrogen) atoms. The third kappa shape index (κ3) is 7.75. The number of ether oxygens (including phenoxy) is 2. The number of nitrogens with zero attached hydrogens (tertiary/aromatic N) is 1. The van der Waals surface area contributed by atoms with Crippen LogP contribution in [0, 0.1) is 0 Å². The first-order valence-electron chi connectivity index (χ1n) is 8.59. The summed E-state index contributed by atoms with van der Waals surface area (Å²) in [5.74, 6) is 0.227. The van der Waals surface area contributed by atoms with Gasteiger partial charge < -0.3 is 19.7 Å². The molecule has 0 spiro atoms. The van der Waals surface area contributed by atoms with Gasteiger partial charge in [-0.3, -0.25) is 9.59 Å². The van der Waals surface area contributed by atoms with E-state index in [9.17, 15) is 9.59 Å². The van der Waals surface area contributed by atoms with Crippen molar-refractivity contribution in [2.45, 2.75) is 33.6 Å². The maximum Gasteiger partial charge on any atom is 0.260 e. The normalized spacial score (nSPS) is 10.4. The van der Waals surface area contributed by atoms with Crippen LogP contribution >= 0.6 is 11.6 Å². The van der Waals surface area contributed by atoms with Crippen LogP contribution in [0.1, 0.15) is 33.6 Å². The van der Waals surface area contributed by atoms with Crippen LogP contribution in [-0.2, 0) is 14.3 Å². The zero-order valence-electron chi connectivity index (χ0n) is 15.1. The Morgan fingerprint density at radius 3 is 2.52 bits per heavy atom.